The molecule has 0 spiro atoms. The van der Waals surface area contributed by atoms with Crippen LogP contribution in [0.15, 0.2) is 208 Å². The smallest absolute Gasteiger partial charge is 0.0467 e. The zero-order valence-corrected chi connectivity index (χ0v) is 37.9. The molecule has 0 aliphatic rings. The summed E-state index contributed by atoms with van der Waals surface area (Å²) in [4.78, 5) is 0. The van der Waals surface area contributed by atoms with Crippen LogP contribution in [0, 0.1) is 6.92 Å². The van der Waals surface area contributed by atoms with Crippen LogP contribution in [-0.4, -0.2) is 0 Å². The van der Waals surface area contributed by atoms with Crippen molar-refractivity contribution in [3.8, 4) is 33.4 Å². The van der Waals surface area contributed by atoms with Gasteiger partial charge in [-0.2, -0.15) is 0 Å². The van der Waals surface area contributed by atoms with Gasteiger partial charge in [0.05, 0.1) is 0 Å². The van der Waals surface area contributed by atoms with Crippen molar-refractivity contribution in [1.29, 1.82) is 0 Å². The lowest BCUT2D eigenvalue weighted by molar-refractivity contribution is 1.13. The number of aryl methyl sites for hydroxylation is 2. The first-order chi connectivity index (χ1) is 31.8. The third-order valence-electron chi connectivity index (χ3n) is 11.9. The Balaban J connectivity index is 0.00000311. The second kappa shape index (κ2) is 21.4. The molecule has 0 unspecified atom stereocenters. The summed E-state index contributed by atoms with van der Waals surface area (Å²) in [6.45, 7) is 17.1. The van der Waals surface area contributed by atoms with Crippen molar-refractivity contribution in [2.45, 2.75) is 33.6 Å². The Bertz CT molecular complexity index is 3190. The fourth-order valence-electron chi connectivity index (χ4n) is 8.48. The first kappa shape index (κ1) is 45.1. The average Bonchev–Trinajstić information content (AvgIpc) is 3.36. The van der Waals surface area contributed by atoms with E-state index in [0.29, 0.717) is 5.70 Å². The Hall–Kier alpha value is -7.94. The summed E-state index contributed by atoms with van der Waals surface area (Å²) in [7, 11) is 0. The van der Waals surface area contributed by atoms with Crippen LogP contribution in [0.2, 0.25) is 0 Å². The molecule has 8 rings (SSSR count). The second-order valence-electron chi connectivity index (χ2n) is 16.1. The molecule has 0 bridgehead atoms. The van der Waals surface area contributed by atoms with Crippen LogP contribution < -0.4 is 21.9 Å². The van der Waals surface area contributed by atoms with Crippen molar-refractivity contribution < 1.29 is 0 Å². The maximum atomic E-state index is 6.72. The van der Waals surface area contributed by atoms with Crippen molar-refractivity contribution in [2.24, 2.45) is 11.5 Å². The van der Waals surface area contributed by atoms with E-state index in [1.165, 1.54) is 66.4 Å². The predicted octanol–water partition coefficient (Wildman–Crippen LogP) is 14.3. The van der Waals surface area contributed by atoms with E-state index < -0.39 is 0 Å². The minimum Gasteiger partial charge on any atom is -0.404 e. The van der Waals surface area contributed by atoms with Crippen LogP contribution in [-0.2, 0) is 12.8 Å². The molecule has 0 saturated heterocycles. The van der Waals surface area contributed by atoms with Gasteiger partial charge in [-0.05, 0) is 144 Å². The van der Waals surface area contributed by atoms with Crippen LogP contribution in [0.1, 0.15) is 58.4 Å². The highest BCUT2D eigenvalue weighted by atomic mass is 14.6. The zero-order valence-electron chi connectivity index (χ0n) is 37.9. The maximum Gasteiger partial charge on any atom is 0.0467 e. The van der Waals surface area contributed by atoms with Crippen LogP contribution >= 0.6 is 0 Å². The maximum absolute atomic E-state index is 6.72. The van der Waals surface area contributed by atoms with Gasteiger partial charge in [0.1, 0.15) is 0 Å². The predicted molar refractivity (Wildman–Crippen MR) is 285 cm³/mol. The van der Waals surface area contributed by atoms with Crippen LogP contribution in [0.5, 0.6) is 0 Å². The SMILES string of the molecule is C=C.C=C(/C=C\c1cc(-c2cccc3ccccc23)ccc1C)c1cc(C/C=C\c2cccc(-c3cccc(CC)c3/C=C\C)c2)cc(-c2ccc(/C(N)=c3\cccc\c3=C\N)cc2)c1. The summed E-state index contributed by atoms with van der Waals surface area (Å²) in [6, 6.07) is 60.5. The molecule has 65 heavy (non-hydrogen) atoms. The highest BCUT2D eigenvalue weighted by Crippen LogP contribution is 2.33. The van der Waals surface area contributed by atoms with Crippen molar-refractivity contribution >= 4 is 46.5 Å². The third kappa shape index (κ3) is 10.5. The molecule has 0 aromatic heterocycles. The normalized spacial score (nSPS) is 12.2. The topological polar surface area (TPSA) is 52.0 Å². The number of hydrogen-bond donors (Lipinski definition) is 2. The number of fused-ring (bicyclic) bond motifs is 1. The Kier molecular flexibility index (Phi) is 14.9. The van der Waals surface area contributed by atoms with Gasteiger partial charge >= 0.3 is 0 Å². The van der Waals surface area contributed by atoms with E-state index in [9.17, 15) is 0 Å². The Morgan fingerprint density at radius 2 is 1.32 bits per heavy atom. The number of hydrogen-bond acceptors (Lipinski definition) is 2. The standard InChI is InChI=1S/C61H54N2.C2H4/c1-5-15-56-46(6-2)21-13-26-58(56)51-23-12-17-44(36-51)16-11-18-45-37-54(40-55(38-45)47-32-34-49(35-33-47)61(63)60-25-10-8-20-53(60)41-62)43(4)28-30-50-39-52(31-29-42(50)3)59-27-14-22-48-19-7-9-24-57(48)59;1-2/h5,7-17,19-41H,4,6,18,62-63H2,1-3H3;1-2H2/b15-5-,16-11-,30-28-,53-41-,61-60-;. The van der Waals surface area contributed by atoms with Crippen molar-refractivity contribution in [3.63, 3.8) is 0 Å². The van der Waals surface area contributed by atoms with Gasteiger partial charge in [-0.3, -0.25) is 0 Å². The van der Waals surface area contributed by atoms with Gasteiger partial charge in [-0.25, -0.2) is 0 Å². The fourth-order valence-corrected chi connectivity index (χ4v) is 8.48. The number of nitrogens with two attached hydrogens (primary N) is 2. The van der Waals surface area contributed by atoms with Crippen molar-refractivity contribution in [2.75, 3.05) is 0 Å². The van der Waals surface area contributed by atoms with E-state index in [1.54, 1.807) is 6.20 Å². The highest BCUT2D eigenvalue weighted by molar-refractivity contribution is 5.97. The third-order valence-corrected chi connectivity index (χ3v) is 11.9. The molecule has 0 amide bonds. The molecule has 2 nitrogen and oxygen atoms in total. The summed E-state index contributed by atoms with van der Waals surface area (Å²) < 4.78 is 0. The zero-order chi connectivity index (χ0) is 45.7. The van der Waals surface area contributed by atoms with E-state index in [1.807, 2.05) is 24.3 Å². The fraction of sp³-hybridized carbons (Fsp3) is 0.0794. The van der Waals surface area contributed by atoms with Gasteiger partial charge in [-0.1, -0.05) is 202 Å². The van der Waals surface area contributed by atoms with Crippen LogP contribution in [0.25, 0.3) is 79.9 Å². The van der Waals surface area contributed by atoms with Crippen LogP contribution in [0.4, 0.5) is 0 Å². The van der Waals surface area contributed by atoms with Crippen molar-refractivity contribution in [3.05, 3.63) is 263 Å². The minimum atomic E-state index is 0.692. The lowest BCUT2D eigenvalue weighted by atomic mass is 9.92. The average molecular weight is 843 g/mol. The molecular formula is C63H58N2. The lowest BCUT2D eigenvalue weighted by Crippen LogP contribution is -2.30. The van der Waals surface area contributed by atoms with Gasteiger partial charge in [-0.15, -0.1) is 13.2 Å². The van der Waals surface area contributed by atoms with Gasteiger partial charge in [0, 0.05) is 17.1 Å². The molecule has 0 atom stereocenters. The van der Waals surface area contributed by atoms with E-state index in [2.05, 4.69) is 223 Å². The Morgan fingerprint density at radius 1 is 0.615 bits per heavy atom. The number of benzene rings is 8. The molecule has 0 heterocycles. The van der Waals surface area contributed by atoms with E-state index in [4.69, 9.17) is 11.5 Å². The quantitative estimate of drug-likeness (QED) is 0.0951. The molecule has 4 N–H and O–H groups in total. The summed E-state index contributed by atoms with van der Waals surface area (Å²) >= 11 is 0. The Morgan fingerprint density at radius 3 is 2.12 bits per heavy atom. The van der Waals surface area contributed by atoms with Crippen molar-refractivity contribution in [1.82, 2.24) is 0 Å². The molecule has 8 aromatic rings. The molecule has 0 aliphatic heterocycles. The number of allylic oxidation sites excluding steroid dienone is 4. The largest absolute Gasteiger partial charge is 0.404 e. The highest BCUT2D eigenvalue weighted by Gasteiger charge is 2.10. The molecule has 8 aromatic carbocycles. The van der Waals surface area contributed by atoms with Gasteiger partial charge in [0.2, 0.25) is 0 Å². The summed E-state index contributed by atoms with van der Waals surface area (Å²) in [5.74, 6) is 0. The molecule has 2 heteroatoms. The molecule has 0 radical (unpaired) electrons. The summed E-state index contributed by atoms with van der Waals surface area (Å²) in [6.07, 6.45) is 16.6. The molecule has 0 fully saturated rings. The molecule has 320 valence electrons. The monoisotopic (exact) mass is 842 g/mol. The first-order valence-electron chi connectivity index (χ1n) is 22.3. The lowest BCUT2D eigenvalue weighted by Gasteiger charge is -2.12. The van der Waals surface area contributed by atoms with Gasteiger partial charge in [0.15, 0.2) is 0 Å². The van der Waals surface area contributed by atoms with Crippen LogP contribution in [0.3, 0.4) is 0 Å². The van der Waals surface area contributed by atoms with E-state index >= 15 is 0 Å². The van der Waals surface area contributed by atoms with E-state index in [0.717, 1.165) is 51.1 Å². The molecule has 0 aliphatic carbocycles. The van der Waals surface area contributed by atoms with Gasteiger partial charge in [0.25, 0.3) is 0 Å². The summed E-state index contributed by atoms with van der Waals surface area (Å²) in [5.41, 5.74) is 30.9. The molecular weight excluding hydrogens is 785 g/mol. The van der Waals surface area contributed by atoms with E-state index in [-0.39, 0.29) is 0 Å². The van der Waals surface area contributed by atoms with Gasteiger partial charge < -0.3 is 11.5 Å². The minimum absolute atomic E-state index is 0.692. The Labute approximate surface area is 386 Å². The summed E-state index contributed by atoms with van der Waals surface area (Å²) in [5, 5.41) is 4.32. The molecule has 0 saturated carbocycles. The first-order valence-corrected chi connectivity index (χ1v) is 22.3. The number of rotatable bonds is 12. The second-order valence-corrected chi connectivity index (χ2v) is 16.1.